The standard InChI is InChI=1S/C11H22N2O2S/c1-3-13(4-2)7-6-12-11(10(14)15)5-8-16-9-11/h12H,3-9H2,1-2H3,(H,14,15). The van der Waals surface area contributed by atoms with Gasteiger partial charge in [0.1, 0.15) is 5.54 Å². The van der Waals surface area contributed by atoms with Crippen molar-refractivity contribution in [3.63, 3.8) is 0 Å². The Bertz CT molecular complexity index is 226. The molecule has 1 rings (SSSR count). The maximum atomic E-state index is 11.2. The number of nitrogens with one attached hydrogen (secondary N) is 1. The summed E-state index contributed by atoms with van der Waals surface area (Å²) in [5.74, 6) is 0.947. The number of aliphatic carboxylic acids is 1. The van der Waals surface area contributed by atoms with Crippen LogP contribution in [0, 0.1) is 0 Å². The second-order valence-corrected chi connectivity index (χ2v) is 5.25. The number of hydrogen-bond donors (Lipinski definition) is 2. The van der Waals surface area contributed by atoms with E-state index in [0.29, 0.717) is 5.75 Å². The van der Waals surface area contributed by atoms with E-state index in [1.807, 2.05) is 0 Å². The van der Waals surface area contributed by atoms with Crippen molar-refractivity contribution >= 4 is 17.7 Å². The maximum absolute atomic E-state index is 11.2. The lowest BCUT2D eigenvalue weighted by molar-refractivity contribution is -0.143. The van der Waals surface area contributed by atoms with Crippen molar-refractivity contribution in [2.45, 2.75) is 25.8 Å². The summed E-state index contributed by atoms with van der Waals surface area (Å²) < 4.78 is 0. The molecule has 4 nitrogen and oxygen atoms in total. The molecule has 1 fully saturated rings. The lowest BCUT2D eigenvalue weighted by Gasteiger charge is -2.26. The number of carboxylic acids is 1. The van der Waals surface area contributed by atoms with Crippen LogP contribution in [-0.4, -0.2) is 59.2 Å². The van der Waals surface area contributed by atoms with Gasteiger partial charge in [-0.2, -0.15) is 11.8 Å². The third-order valence-corrected chi connectivity index (χ3v) is 4.41. The van der Waals surface area contributed by atoms with Gasteiger partial charge in [-0.15, -0.1) is 0 Å². The average molecular weight is 246 g/mol. The van der Waals surface area contributed by atoms with E-state index >= 15 is 0 Å². The zero-order valence-corrected chi connectivity index (χ0v) is 11.0. The summed E-state index contributed by atoms with van der Waals surface area (Å²) in [6.45, 7) is 7.98. The Morgan fingerprint density at radius 1 is 1.50 bits per heavy atom. The van der Waals surface area contributed by atoms with Gasteiger partial charge in [-0.25, -0.2) is 0 Å². The lowest BCUT2D eigenvalue weighted by Crippen LogP contribution is -2.54. The molecule has 0 aromatic heterocycles. The number of hydrogen-bond acceptors (Lipinski definition) is 4. The van der Waals surface area contributed by atoms with E-state index in [0.717, 1.165) is 38.4 Å². The van der Waals surface area contributed by atoms with Gasteiger partial charge in [-0.05, 0) is 25.3 Å². The van der Waals surface area contributed by atoms with Gasteiger partial charge < -0.3 is 10.0 Å². The molecule has 1 aliphatic heterocycles. The summed E-state index contributed by atoms with van der Waals surface area (Å²) in [6, 6.07) is 0. The van der Waals surface area contributed by atoms with E-state index in [4.69, 9.17) is 0 Å². The van der Waals surface area contributed by atoms with Crippen molar-refractivity contribution in [3.8, 4) is 0 Å². The van der Waals surface area contributed by atoms with Crippen LogP contribution < -0.4 is 5.32 Å². The highest BCUT2D eigenvalue weighted by Gasteiger charge is 2.41. The highest BCUT2D eigenvalue weighted by Crippen LogP contribution is 2.27. The second kappa shape index (κ2) is 6.47. The molecule has 0 amide bonds. The molecule has 1 aliphatic rings. The highest BCUT2D eigenvalue weighted by atomic mass is 32.2. The monoisotopic (exact) mass is 246 g/mol. The Kier molecular flexibility index (Phi) is 5.58. The minimum atomic E-state index is -0.697. The normalized spacial score (nSPS) is 25.2. The molecule has 1 heterocycles. The topological polar surface area (TPSA) is 52.6 Å². The van der Waals surface area contributed by atoms with E-state index in [2.05, 4.69) is 24.1 Å². The number of likely N-dealkylation sites (N-methyl/N-ethyl adjacent to an activating group) is 1. The lowest BCUT2D eigenvalue weighted by atomic mass is 9.99. The molecule has 1 unspecified atom stereocenters. The molecule has 0 aromatic carbocycles. The predicted molar refractivity (Wildman–Crippen MR) is 68.1 cm³/mol. The minimum absolute atomic E-state index is 0.669. The van der Waals surface area contributed by atoms with Crippen LogP contribution in [0.4, 0.5) is 0 Å². The minimum Gasteiger partial charge on any atom is -0.480 e. The molecule has 0 aliphatic carbocycles. The molecule has 94 valence electrons. The summed E-state index contributed by atoms with van der Waals surface area (Å²) in [5.41, 5.74) is -0.669. The number of nitrogens with zero attached hydrogens (tertiary/aromatic N) is 1. The molecule has 1 atom stereocenters. The zero-order valence-electron chi connectivity index (χ0n) is 10.2. The van der Waals surface area contributed by atoms with Gasteiger partial charge in [0.2, 0.25) is 0 Å². The molecule has 0 bridgehead atoms. The first kappa shape index (κ1) is 13.8. The van der Waals surface area contributed by atoms with Crippen molar-refractivity contribution in [2.24, 2.45) is 0 Å². The fourth-order valence-corrected chi connectivity index (χ4v) is 3.30. The third kappa shape index (κ3) is 3.37. The van der Waals surface area contributed by atoms with Crippen LogP contribution in [0.25, 0.3) is 0 Å². The van der Waals surface area contributed by atoms with Crippen LogP contribution >= 0.6 is 11.8 Å². The second-order valence-electron chi connectivity index (χ2n) is 4.14. The highest BCUT2D eigenvalue weighted by molar-refractivity contribution is 7.99. The first-order valence-corrected chi connectivity index (χ1v) is 7.08. The zero-order chi connectivity index (χ0) is 12.0. The van der Waals surface area contributed by atoms with E-state index < -0.39 is 11.5 Å². The van der Waals surface area contributed by atoms with Crippen LogP contribution in [0.3, 0.4) is 0 Å². The summed E-state index contributed by atoms with van der Waals surface area (Å²) in [7, 11) is 0. The molecule has 0 aromatic rings. The van der Waals surface area contributed by atoms with Crippen LogP contribution in [0.5, 0.6) is 0 Å². The number of rotatable bonds is 7. The Hall–Kier alpha value is -0.260. The van der Waals surface area contributed by atoms with Crippen LogP contribution in [0.15, 0.2) is 0 Å². The summed E-state index contributed by atoms with van der Waals surface area (Å²) >= 11 is 1.72. The molecule has 16 heavy (non-hydrogen) atoms. The largest absolute Gasteiger partial charge is 0.480 e. The number of carbonyl (C=O) groups is 1. The summed E-state index contributed by atoms with van der Waals surface area (Å²) in [5, 5.41) is 12.5. The average Bonchev–Trinajstić information content (AvgIpc) is 2.74. The molecule has 0 spiro atoms. The van der Waals surface area contributed by atoms with Gasteiger partial charge in [0.15, 0.2) is 0 Å². The van der Waals surface area contributed by atoms with Crippen LogP contribution in [-0.2, 0) is 4.79 Å². The molecule has 0 saturated carbocycles. The van der Waals surface area contributed by atoms with E-state index in [-0.39, 0.29) is 0 Å². The van der Waals surface area contributed by atoms with Gasteiger partial charge in [0, 0.05) is 18.8 Å². The van der Waals surface area contributed by atoms with E-state index in [1.54, 1.807) is 11.8 Å². The van der Waals surface area contributed by atoms with Gasteiger partial charge in [-0.3, -0.25) is 10.1 Å². The van der Waals surface area contributed by atoms with E-state index in [1.165, 1.54) is 0 Å². The van der Waals surface area contributed by atoms with Crippen LogP contribution in [0.1, 0.15) is 20.3 Å². The number of carboxylic acid groups (broad SMARTS) is 1. The first-order chi connectivity index (χ1) is 7.64. The first-order valence-electron chi connectivity index (χ1n) is 5.93. The van der Waals surface area contributed by atoms with Crippen molar-refractivity contribution in [1.29, 1.82) is 0 Å². The van der Waals surface area contributed by atoms with Gasteiger partial charge in [-0.1, -0.05) is 13.8 Å². The Balaban J connectivity index is 2.36. The quantitative estimate of drug-likeness (QED) is 0.698. The number of thioether (sulfide) groups is 1. The van der Waals surface area contributed by atoms with Gasteiger partial charge in [0.25, 0.3) is 0 Å². The Morgan fingerprint density at radius 2 is 2.19 bits per heavy atom. The SMILES string of the molecule is CCN(CC)CCNC1(C(=O)O)CCSC1. The van der Waals surface area contributed by atoms with Crippen molar-refractivity contribution in [1.82, 2.24) is 10.2 Å². The molecular formula is C11H22N2O2S. The fraction of sp³-hybridized carbons (Fsp3) is 0.909. The maximum Gasteiger partial charge on any atom is 0.324 e. The molecular weight excluding hydrogens is 224 g/mol. The van der Waals surface area contributed by atoms with E-state index in [9.17, 15) is 9.90 Å². The van der Waals surface area contributed by atoms with Gasteiger partial charge >= 0.3 is 5.97 Å². The Morgan fingerprint density at radius 3 is 2.62 bits per heavy atom. The van der Waals surface area contributed by atoms with Crippen molar-refractivity contribution in [3.05, 3.63) is 0 Å². The van der Waals surface area contributed by atoms with Gasteiger partial charge in [0.05, 0.1) is 0 Å². The molecule has 1 saturated heterocycles. The van der Waals surface area contributed by atoms with Crippen molar-refractivity contribution in [2.75, 3.05) is 37.7 Å². The Labute approximate surface area is 102 Å². The summed E-state index contributed by atoms with van der Waals surface area (Å²) in [6.07, 6.45) is 0.741. The third-order valence-electron chi connectivity index (χ3n) is 3.22. The molecule has 5 heteroatoms. The fourth-order valence-electron chi connectivity index (χ4n) is 1.94. The molecule has 0 radical (unpaired) electrons. The smallest absolute Gasteiger partial charge is 0.324 e. The predicted octanol–water partition coefficient (Wildman–Crippen LogP) is 0.878. The van der Waals surface area contributed by atoms with Crippen LogP contribution in [0.2, 0.25) is 0 Å². The molecule has 2 N–H and O–H groups in total. The summed E-state index contributed by atoms with van der Waals surface area (Å²) in [4.78, 5) is 13.5. The van der Waals surface area contributed by atoms with Crippen molar-refractivity contribution < 1.29 is 9.90 Å².